The van der Waals surface area contributed by atoms with Gasteiger partial charge in [0.15, 0.2) is 0 Å². The van der Waals surface area contributed by atoms with E-state index in [1.165, 1.54) is 23.8 Å². The van der Waals surface area contributed by atoms with Gasteiger partial charge in [0, 0.05) is 18.1 Å². The van der Waals surface area contributed by atoms with E-state index < -0.39 is 16.8 Å². The summed E-state index contributed by atoms with van der Waals surface area (Å²) in [6, 6.07) is 9.28. The highest BCUT2D eigenvalue weighted by atomic mass is 16.6. The molecular formula is C28H30N2O7. The molecule has 1 aromatic heterocycles. The first-order chi connectivity index (χ1) is 17.8. The number of nitro groups is 1. The van der Waals surface area contributed by atoms with Crippen molar-refractivity contribution in [3.05, 3.63) is 74.8 Å². The van der Waals surface area contributed by atoms with E-state index >= 15 is 0 Å². The number of hydrogen-bond acceptors (Lipinski definition) is 7. The van der Waals surface area contributed by atoms with Crippen LogP contribution in [-0.4, -0.2) is 34.6 Å². The summed E-state index contributed by atoms with van der Waals surface area (Å²) in [5.74, 6) is -0.537. The maximum atomic E-state index is 13.5. The normalized spacial score (nSPS) is 25.6. The van der Waals surface area contributed by atoms with Crippen molar-refractivity contribution in [2.24, 2.45) is 17.8 Å². The summed E-state index contributed by atoms with van der Waals surface area (Å²) in [7, 11) is 0. The molecule has 0 bridgehead atoms. The van der Waals surface area contributed by atoms with Crippen molar-refractivity contribution in [2.75, 3.05) is 11.5 Å². The number of hydrogen-bond donors (Lipinski definition) is 1. The van der Waals surface area contributed by atoms with Crippen molar-refractivity contribution < 1.29 is 28.8 Å². The third-order valence-electron chi connectivity index (χ3n) is 7.82. The summed E-state index contributed by atoms with van der Waals surface area (Å²) >= 11 is 0. The van der Waals surface area contributed by atoms with Gasteiger partial charge in [0.2, 0.25) is 11.8 Å². The van der Waals surface area contributed by atoms with Crippen molar-refractivity contribution in [1.82, 2.24) is 0 Å². The molecule has 37 heavy (non-hydrogen) atoms. The Labute approximate surface area is 214 Å². The molecule has 0 saturated carbocycles. The number of carbonyl (C=O) groups is 2. The summed E-state index contributed by atoms with van der Waals surface area (Å²) in [5.41, 5.74) is 3.50. The zero-order valence-corrected chi connectivity index (χ0v) is 20.9. The van der Waals surface area contributed by atoms with E-state index in [2.05, 4.69) is 6.92 Å². The number of carbonyl (C=O) groups excluding carboxylic acids is 2. The summed E-state index contributed by atoms with van der Waals surface area (Å²) in [4.78, 5) is 38.7. The van der Waals surface area contributed by atoms with Crippen LogP contribution < -0.4 is 4.90 Å². The zero-order valence-electron chi connectivity index (χ0n) is 20.9. The molecule has 2 aliphatic heterocycles. The maximum Gasteiger partial charge on any atom is 0.271 e. The Morgan fingerprint density at radius 1 is 1.22 bits per heavy atom. The van der Waals surface area contributed by atoms with Gasteiger partial charge in [-0.3, -0.25) is 19.7 Å². The third-order valence-corrected chi connectivity index (χ3v) is 7.82. The molecule has 2 aromatic rings. The SMILES string of the molecule is CC/C(=C\c1ccc(CO)o1)CC[C@H]1OC[C@H]2C1=C(C)C[C@H]1C(=O)N(c3cccc([N+](=O)[O-])c3)C(=O)[C@H]12. The van der Waals surface area contributed by atoms with Gasteiger partial charge in [-0.15, -0.1) is 0 Å². The molecule has 0 radical (unpaired) electrons. The molecule has 2 saturated heterocycles. The largest absolute Gasteiger partial charge is 0.459 e. The van der Waals surface area contributed by atoms with Crippen LogP contribution in [0.3, 0.4) is 0 Å². The summed E-state index contributed by atoms with van der Waals surface area (Å²) in [6.45, 7) is 4.34. The van der Waals surface area contributed by atoms with E-state index in [9.17, 15) is 24.8 Å². The van der Waals surface area contributed by atoms with Crippen molar-refractivity contribution in [1.29, 1.82) is 0 Å². The highest BCUT2D eigenvalue weighted by Crippen LogP contribution is 2.50. The molecule has 3 heterocycles. The molecule has 5 rings (SSSR count). The molecule has 2 amide bonds. The van der Waals surface area contributed by atoms with Gasteiger partial charge in [-0.25, -0.2) is 4.90 Å². The first kappa shape index (κ1) is 25.1. The fourth-order valence-corrected chi connectivity index (χ4v) is 6.06. The van der Waals surface area contributed by atoms with E-state index in [4.69, 9.17) is 9.15 Å². The maximum absolute atomic E-state index is 13.5. The number of nitro benzene ring substituents is 1. The van der Waals surface area contributed by atoms with Crippen molar-refractivity contribution >= 4 is 29.3 Å². The molecule has 1 N–H and O–H groups in total. The molecular weight excluding hydrogens is 476 g/mol. The Morgan fingerprint density at radius 3 is 2.73 bits per heavy atom. The van der Waals surface area contributed by atoms with Crippen LogP contribution >= 0.6 is 0 Å². The van der Waals surface area contributed by atoms with Crippen LogP contribution in [0, 0.1) is 27.9 Å². The predicted octanol–water partition coefficient (Wildman–Crippen LogP) is 4.79. The second-order valence-corrected chi connectivity index (χ2v) is 9.95. The fourth-order valence-electron chi connectivity index (χ4n) is 6.06. The van der Waals surface area contributed by atoms with Crippen LogP contribution in [0.2, 0.25) is 0 Å². The Bertz CT molecular complexity index is 1310. The lowest BCUT2D eigenvalue weighted by Crippen LogP contribution is -2.34. The summed E-state index contributed by atoms with van der Waals surface area (Å²) < 4.78 is 11.8. The second-order valence-electron chi connectivity index (χ2n) is 9.95. The number of nitrogens with zero attached hydrogens (tertiary/aromatic N) is 2. The van der Waals surface area contributed by atoms with E-state index in [1.807, 2.05) is 19.1 Å². The van der Waals surface area contributed by atoms with Crippen molar-refractivity contribution in [2.45, 2.75) is 52.2 Å². The molecule has 194 valence electrons. The Kier molecular flexibility index (Phi) is 6.83. The van der Waals surface area contributed by atoms with Crippen LogP contribution in [0.5, 0.6) is 0 Å². The highest BCUT2D eigenvalue weighted by Gasteiger charge is 2.56. The molecule has 1 aromatic carbocycles. The number of non-ortho nitro benzene ring substituents is 1. The highest BCUT2D eigenvalue weighted by molar-refractivity contribution is 6.22. The molecule has 1 aliphatic carbocycles. The lowest BCUT2D eigenvalue weighted by molar-refractivity contribution is -0.384. The number of aliphatic hydroxyl groups is 1. The van der Waals surface area contributed by atoms with E-state index in [1.54, 1.807) is 12.1 Å². The number of rotatable bonds is 8. The number of benzene rings is 1. The number of aliphatic hydroxyl groups excluding tert-OH is 1. The Hall–Kier alpha value is -3.56. The molecule has 0 unspecified atom stereocenters. The number of fused-ring (bicyclic) bond motifs is 3. The Balaban J connectivity index is 1.33. The molecule has 2 fully saturated rings. The van der Waals surface area contributed by atoms with Gasteiger partial charge in [-0.1, -0.05) is 24.1 Å². The number of allylic oxidation sites excluding steroid dienone is 2. The van der Waals surface area contributed by atoms with Gasteiger partial charge in [0.25, 0.3) is 5.69 Å². The molecule has 3 aliphatic rings. The monoisotopic (exact) mass is 506 g/mol. The number of anilines is 1. The molecule has 4 atom stereocenters. The third kappa shape index (κ3) is 4.53. The van der Waals surface area contributed by atoms with E-state index in [0.29, 0.717) is 24.5 Å². The molecule has 9 nitrogen and oxygen atoms in total. The number of amides is 2. The fraction of sp³-hybridized carbons (Fsp3) is 0.429. The van der Waals surface area contributed by atoms with Gasteiger partial charge in [0.1, 0.15) is 18.1 Å². The van der Waals surface area contributed by atoms with Gasteiger partial charge >= 0.3 is 0 Å². The van der Waals surface area contributed by atoms with Crippen LogP contribution in [0.1, 0.15) is 51.1 Å². The first-order valence-electron chi connectivity index (χ1n) is 12.6. The standard InChI is InChI=1S/C28H30N2O7/c1-3-17(12-20-8-9-21(14-31)37-20)7-10-24-25-16(2)11-22-26(23(25)15-36-24)28(33)29(27(22)32)18-5-4-6-19(13-18)30(34)35/h4-6,8-9,12-13,22-24,26,31H,3,7,10-11,14-15H2,1-2H3/b17-12+/t22-,23+,24-,26-/m1/s1. The lowest BCUT2D eigenvalue weighted by atomic mass is 9.70. The average Bonchev–Trinajstić information content (AvgIpc) is 3.59. The molecule has 9 heteroatoms. The van der Waals surface area contributed by atoms with Crippen LogP contribution in [0.4, 0.5) is 11.4 Å². The number of ether oxygens (including phenoxy) is 1. The lowest BCUT2D eigenvalue weighted by Gasteiger charge is -2.30. The minimum Gasteiger partial charge on any atom is -0.459 e. The quantitative estimate of drug-likeness (QED) is 0.236. The van der Waals surface area contributed by atoms with E-state index in [-0.39, 0.29) is 41.8 Å². The minimum atomic E-state index is -0.531. The molecule has 0 spiro atoms. The minimum absolute atomic E-state index is 0.125. The van der Waals surface area contributed by atoms with E-state index in [0.717, 1.165) is 35.3 Å². The van der Waals surface area contributed by atoms with Crippen LogP contribution in [0.15, 0.2) is 57.5 Å². The first-order valence-corrected chi connectivity index (χ1v) is 12.6. The smallest absolute Gasteiger partial charge is 0.271 e. The van der Waals surface area contributed by atoms with Gasteiger partial charge < -0.3 is 14.3 Å². The zero-order chi connectivity index (χ0) is 26.3. The van der Waals surface area contributed by atoms with Gasteiger partial charge in [-0.05, 0) is 62.5 Å². The van der Waals surface area contributed by atoms with Crippen molar-refractivity contribution in [3.8, 4) is 0 Å². The van der Waals surface area contributed by atoms with Crippen molar-refractivity contribution in [3.63, 3.8) is 0 Å². The topological polar surface area (TPSA) is 123 Å². The second kappa shape index (κ2) is 10.1. The Morgan fingerprint density at radius 2 is 2.03 bits per heavy atom. The number of furan rings is 1. The number of imide groups is 1. The summed E-state index contributed by atoms with van der Waals surface area (Å²) in [5, 5.41) is 20.5. The average molecular weight is 507 g/mol. The van der Waals surface area contributed by atoms with Gasteiger partial charge in [-0.2, -0.15) is 0 Å². The van der Waals surface area contributed by atoms with Gasteiger partial charge in [0.05, 0.1) is 35.2 Å². The van der Waals surface area contributed by atoms with Crippen LogP contribution in [-0.2, 0) is 20.9 Å². The summed E-state index contributed by atoms with van der Waals surface area (Å²) in [6.07, 6.45) is 4.75. The van der Waals surface area contributed by atoms with Crippen LogP contribution in [0.25, 0.3) is 6.08 Å². The predicted molar refractivity (Wildman–Crippen MR) is 135 cm³/mol.